The maximum atomic E-state index is 12.9. The van der Waals surface area contributed by atoms with Gasteiger partial charge in [0.05, 0.1) is 28.9 Å². The Morgan fingerprint density at radius 2 is 1.78 bits per heavy atom. The fourth-order valence-corrected chi connectivity index (χ4v) is 4.26. The van der Waals surface area contributed by atoms with E-state index in [9.17, 15) is 4.79 Å². The van der Waals surface area contributed by atoms with E-state index in [1.807, 2.05) is 73.3 Å². The second-order valence-electron chi connectivity index (χ2n) is 7.94. The van der Waals surface area contributed by atoms with Crippen LogP contribution in [0.1, 0.15) is 40.3 Å². The van der Waals surface area contributed by atoms with Crippen LogP contribution < -0.4 is 10.3 Å². The van der Waals surface area contributed by atoms with Crippen LogP contribution in [0.3, 0.4) is 0 Å². The van der Waals surface area contributed by atoms with Crippen molar-refractivity contribution in [2.45, 2.75) is 26.7 Å². The molecule has 8 nitrogen and oxygen atoms in total. The third-order valence-electron chi connectivity index (χ3n) is 5.77. The number of nitrogens with zero attached hydrogens (tertiary/aromatic N) is 6. The van der Waals surface area contributed by atoms with Crippen molar-refractivity contribution in [2.24, 2.45) is 5.10 Å². The zero-order valence-corrected chi connectivity index (χ0v) is 18.2. The predicted octanol–water partition coefficient (Wildman–Crippen LogP) is 3.50. The van der Waals surface area contributed by atoms with Crippen molar-refractivity contribution in [3.8, 4) is 5.69 Å². The smallest absolute Gasteiger partial charge is 0.290 e. The van der Waals surface area contributed by atoms with Gasteiger partial charge >= 0.3 is 0 Å². The zero-order valence-electron chi connectivity index (χ0n) is 18.2. The zero-order chi connectivity index (χ0) is 22.1. The van der Waals surface area contributed by atoms with Crippen LogP contribution in [0.4, 0.5) is 5.82 Å². The minimum absolute atomic E-state index is 0.298. The first-order valence-corrected chi connectivity index (χ1v) is 10.8. The van der Waals surface area contributed by atoms with Crippen molar-refractivity contribution in [3.63, 3.8) is 0 Å². The van der Waals surface area contributed by atoms with Gasteiger partial charge in [0, 0.05) is 19.3 Å². The molecule has 1 fully saturated rings. The van der Waals surface area contributed by atoms with Gasteiger partial charge in [-0.3, -0.25) is 9.20 Å². The number of aromatic nitrogens is 4. The molecule has 1 aromatic carbocycles. The fraction of sp³-hybridized carbons (Fsp3) is 0.250. The molecule has 162 valence electrons. The molecule has 0 aliphatic carbocycles. The first kappa shape index (κ1) is 20.0. The van der Waals surface area contributed by atoms with E-state index in [0.717, 1.165) is 54.3 Å². The Labute approximate surface area is 186 Å². The standard InChI is InChI=1S/C24H25N7O/c1-17-20(16-25-27-23(32)22-18(2)26-21-12-6-7-15-30(21)22)24(29-13-8-9-14-29)31(28-17)19-10-4-3-5-11-19/h3-7,10-12,15-16H,8-9,13-14H2,1-2H3,(H,27,32). The molecule has 0 spiro atoms. The molecule has 1 N–H and O–H groups in total. The van der Waals surface area contributed by atoms with Crippen LogP contribution >= 0.6 is 0 Å². The van der Waals surface area contributed by atoms with E-state index in [1.165, 1.54) is 0 Å². The third kappa shape index (κ3) is 3.53. The number of hydrogen-bond donors (Lipinski definition) is 1. The van der Waals surface area contributed by atoms with Gasteiger partial charge in [-0.25, -0.2) is 15.1 Å². The van der Waals surface area contributed by atoms with E-state index in [0.29, 0.717) is 11.4 Å². The van der Waals surface area contributed by atoms with Gasteiger partial charge in [-0.15, -0.1) is 0 Å². The second-order valence-corrected chi connectivity index (χ2v) is 7.94. The molecule has 0 atom stereocenters. The van der Waals surface area contributed by atoms with Crippen molar-refractivity contribution in [1.82, 2.24) is 24.6 Å². The summed E-state index contributed by atoms with van der Waals surface area (Å²) in [6, 6.07) is 15.7. The minimum atomic E-state index is -0.298. The molecule has 8 heteroatoms. The number of carbonyl (C=O) groups is 1. The number of rotatable bonds is 5. The third-order valence-corrected chi connectivity index (χ3v) is 5.77. The largest absolute Gasteiger partial charge is 0.356 e. The summed E-state index contributed by atoms with van der Waals surface area (Å²) in [5.74, 6) is 0.712. The molecule has 1 saturated heterocycles. The molecular weight excluding hydrogens is 402 g/mol. The highest BCUT2D eigenvalue weighted by molar-refractivity contribution is 5.96. The fourth-order valence-electron chi connectivity index (χ4n) is 4.26. The molecule has 1 aliphatic heterocycles. The lowest BCUT2D eigenvalue weighted by molar-refractivity contribution is 0.0948. The highest BCUT2D eigenvalue weighted by Gasteiger charge is 2.23. The van der Waals surface area contributed by atoms with Crippen LogP contribution in [0.2, 0.25) is 0 Å². The lowest BCUT2D eigenvalue weighted by atomic mass is 10.2. The summed E-state index contributed by atoms with van der Waals surface area (Å²) in [6.07, 6.45) is 5.83. The van der Waals surface area contributed by atoms with E-state index in [4.69, 9.17) is 5.10 Å². The lowest BCUT2D eigenvalue weighted by Crippen LogP contribution is -2.23. The number of anilines is 1. The van der Waals surface area contributed by atoms with Crippen molar-refractivity contribution < 1.29 is 4.79 Å². The number of imidazole rings is 1. The van der Waals surface area contributed by atoms with E-state index in [-0.39, 0.29) is 5.91 Å². The van der Waals surface area contributed by atoms with Crippen LogP contribution in [0.15, 0.2) is 59.8 Å². The number of hydrazone groups is 1. The van der Waals surface area contributed by atoms with Crippen LogP contribution in [-0.4, -0.2) is 44.4 Å². The number of pyridine rings is 1. The second kappa shape index (κ2) is 8.30. The summed E-state index contributed by atoms with van der Waals surface area (Å²) in [4.78, 5) is 19.7. The first-order chi connectivity index (χ1) is 15.6. The van der Waals surface area contributed by atoms with Gasteiger partial charge in [-0.1, -0.05) is 24.3 Å². The topological polar surface area (TPSA) is 79.8 Å². The summed E-state index contributed by atoms with van der Waals surface area (Å²) < 4.78 is 3.74. The van der Waals surface area contributed by atoms with Gasteiger partial charge < -0.3 is 4.90 Å². The van der Waals surface area contributed by atoms with Crippen LogP contribution in [-0.2, 0) is 0 Å². The average molecular weight is 428 g/mol. The van der Waals surface area contributed by atoms with Gasteiger partial charge in [0.15, 0.2) is 0 Å². The molecule has 0 radical (unpaired) electrons. The molecule has 1 amide bonds. The van der Waals surface area contributed by atoms with Crippen molar-refractivity contribution >= 4 is 23.6 Å². The maximum Gasteiger partial charge on any atom is 0.290 e. The molecular formula is C24H25N7O. The molecule has 3 aromatic heterocycles. The van der Waals surface area contributed by atoms with Gasteiger partial charge in [0.25, 0.3) is 5.91 Å². The van der Waals surface area contributed by atoms with Crippen molar-refractivity contribution in [2.75, 3.05) is 18.0 Å². The Bertz CT molecular complexity index is 1300. The SMILES string of the molecule is Cc1nn(-c2ccccc2)c(N2CCCC2)c1C=NNC(=O)c1c(C)nc2ccccn12. The molecule has 4 heterocycles. The number of hydrogen-bond acceptors (Lipinski definition) is 5. The number of fused-ring (bicyclic) bond motifs is 1. The Hall–Kier alpha value is -3.94. The Morgan fingerprint density at radius 1 is 1.03 bits per heavy atom. The summed E-state index contributed by atoms with van der Waals surface area (Å²) in [6.45, 7) is 5.75. The summed E-state index contributed by atoms with van der Waals surface area (Å²) in [7, 11) is 0. The van der Waals surface area contributed by atoms with Gasteiger partial charge in [0.1, 0.15) is 17.2 Å². The monoisotopic (exact) mass is 427 g/mol. The molecule has 1 aliphatic rings. The van der Waals surface area contributed by atoms with Crippen LogP contribution in [0.5, 0.6) is 0 Å². The average Bonchev–Trinajstić information content (AvgIpc) is 3.51. The van der Waals surface area contributed by atoms with Crippen molar-refractivity contribution in [1.29, 1.82) is 0 Å². The highest BCUT2D eigenvalue weighted by Crippen LogP contribution is 2.29. The Kier molecular flexibility index (Phi) is 5.18. The number of benzene rings is 1. The first-order valence-electron chi connectivity index (χ1n) is 10.8. The number of nitrogens with one attached hydrogen (secondary N) is 1. The summed E-state index contributed by atoms with van der Waals surface area (Å²) in [5, 5.41) is 9.08. The van der Waals surface area contributed by atoms with E-state index < -0.39 is 0 Å². The maximum absolute atomic E-state index is 12.9. The minimum Gasteiger partial charge on any atom is -0.356 e. The van der Waals surface area contributed by atoms with Crippen LogP contribution in [0.25, 0.3) is 11.3 Å². The Morgan fingerprint density at radius 3 is 2.56 bits per heavy atom. The predicted molar refractivity (Wildman–Crippen MR) is 125 cm³/mol. The van der Waals surface area contributed by atoms with Gasteiger partial charge in [0.2, 0.25) is 0 Å². The molecule has 0 bridgehead atoms. The van der Waals surface area contributed by atoms with Gasteiger partial charge in [-0.2, -0.15) is 10.2 Å². The highest BCUT2D eigenvalue weighted by atomic mass is 16.2. The number of aryl methyl sites for hydroxylation is 2. The summed E-state index contributed by atoms with van der Waals surface area (Å²) >= 11 is 0. The molecule has 0 saturated carbocycles. The van der Waals surface area contributed by atoms with E-state index >= 15 is 0 Å². The van der Waals surface area contributed by atoms with Gasteiger partial charge in [-0.05, 0) is 51.0 Å². The molecule has 0 unspecified atom stereocenters. The van der Waals surface area contributed by atoms with Crippen molar-refractivity contribution in [3.05, 3.63) is 77.4 Å². The summed E-state index contributed by atoms with van der Waals surface area (Å²) in [5.41, 5.74) is 7.32. The van der Waals surface area contributed by atoms with E-state index in [2.05, 4.69) is 20.4 Å². The number of carbonyl (C=O) groups excluding carboxylic acids is 1. The van der Waals surface area contributed by atoms with Crippen LogP contribution in [0, 0.1) is 13.8 Å². The normalized spacial score (nSPS) is 14.0. The Balaban J connectivity index is 1.46. The molecule has 4 aromatic rings. The lowest BCUT2D eigenvalue weighted by Gasteiger charge is -2.20. The molecule has 5 rings (SSSR count). The number of amides is 1. The quantitative estimate of drug-likeness (QED) is 0.391. The number of para-hydroxylation sites is 1. The van der Waals surface area contributed by atoms with E-state index in [1.54, 1.807) is 10.6 Å². The molecule has 32 heavy (non-hydrogen) atoms.